The largest absolute Gasteiger partial charge is 0.508 e. The molecule has 0 aliphatic carbocycles. The Morgan fingerprint density at radius 1 is 1.62 bits per heavy atom. The number of amides is 1. The second-order valence-corrected chi connectivity index (χ2v) is 3.03. The lowest BCUT2D eigenvalue weighted by Gasteiger charge is -2.03. The average Bonchev–Trinajstić information content (AvgIpc) is 2.09. The van der Waals surface area contributed by atoms with Crippen molar-refractivity contribution in [3.8, 4) is 5.75 Å². The Kier molecular flexibility index (Phi) is 3.14. The maximum atomic E-state index is 11.0. The number of nitrogens with one attached hydrogen (secondary N) is 1. The van der Waals surface area contributed by atoms with E-state index in [9.17, 15) is 4.79 Å². The molecule has 0 fully saturated rings. The van der Waals surface area contributed by atoms with Crippen molar-refractivity contribution in [2.45, 2.75) is 6.42 Å². The van der Waals surface area contributed by atoms with Gasteiger partial charge in [-0.2, -0.15) is 0 Å². The van der Waals surface area contributed by atoms with Crippen LogP contribution in [-0.2, 0) is 11.2 Å². The molecule has 0 aliphatic heterocycles. The molecule has 0 spiro atoms. The predicted molar refractivity (Wildman–Crippen MR) is 50.9 cm³/mol. The van der Waals surface area contributed by atoms with Crippen molar-refractivity contribution in [3.05, 3.63) is 28.8 Å². The summed E-state index contributed by atoms with van der Waals surface area (Å²) in [7, 11) is 1.57. The van der Waals surface area contributed by atoms with Gasteiger partial charge in [-0.05, 0) is 17.7 Å². The minimum Gasteiger partial charge on any atom is -0.508 e. The first-order chi connectivity index (χ1) is 6.13. The fourth-order valence-electron chi connectivity index (χ4n) is 0.941. The van der Waals surface area contributed by atoms with Crippen molar-refractivity contribution in [3.63, 3.8) is 0 Å². The monoisotopic (exact) mass is 199 g/mol. The minimum atomic E-state index is -0.104. The topological polar surface area (TPSA) is 49.3 Å². The van der Waals surface area contributed by atoms with Crippen LogP contribution >= 0.6 is 11.6 Å². The summed E-state index contributed by atoms with van der Waals surface area (Å²) >= 11 is 5.79. The van der Waals surface area contributed by atoms with Crippen LogP contribution in [0.25, 0.3) is 0 Å². The zero-order valence-corrected chi connectivity index (χ0v) is 7.93. The molecule has 1 aromatic rings. The SMILES string of the molecule is CNC(=O)Cc1ccc(O)cc1Cl. The third-order valence-corrected chi connectivity index (χ3v) is 2.02. The van der Waals surface area contributed by atoms with E-state index in [1.165, 1.54) is 12.1 Å². The molecule has 1 amide bonds. The van der Waals surface area contributed by atoms with Crippen LogP contribution in [0.2, 0.25) is 5.02 Å². The molecule has 2 N–H and O–H groups in total. The molecule has 0 heterocycles. The second-order valence-electron chi connectivity index (χ2n) is 2.63. The molecule has 1 rings (SSSR count). The summed E-state index contributed by atoms with van der Waals surface area (Å²) < 4.78 is 0. The molecule has 0 saturated carbocycles. The molecule has 0 bridgehead atoms. The molecule has 13 heavy (non-hydrogen) atoms. The van der Waals surface area contributed by atoms with E-state index in [2.05, 4.69) is 5.32 Å². The van der Waals surface area contributed by atoms with Crippen molar-refractivity contribution >= 4 is 17.5 Å². The van der Waals surface area contributed by atoms with Gasteiger partial charge >= 0.3 is 0 Å². The van der Waals surface area contributed by atoms with E-state index in [-0.39, 0.29) is 18.1 Å². The number of halogens is 1. The van der Waals surface area contributed by atoms with Crippen LogP contribution in [0, 0.1) is 0 Å². The minimum absolute atomic E-state index is 0.102. The van der Waals surface area contributed by atoms with E-state index in [0.29, 0.717) is 10.6 Å². The molecule has 3 nitrogen and oxygen atoms in total. The standard InChI is InChI=1S/C9H10ClNO2/c1-11-9(13)4-6-2-3-7(12)5-8(6)10/h2-3,5,12H,4H2,1H3,(H,11,13). The number of hydrogen-bond donors (Lipinski definition) is 2. The summed E-state index contributed by atoms with van der Waals surface area (Å²) in [4.78, 5) is 11.0. The molecule has 0 radical (unpaired) electrons. The van der Waals surface area contributed by atoms with E-state index in [1.54, 1.807) is 13.1 Å². The van der Waals surface area contributed by atoms with Gasteiger partial charge in [0.15, 0.2) is 0 Å². The smallest absolute Gasteiger partial charge is 0.224 e. The average molecular weight is 200 g/mol. The molecule has 0 aliphatic rings. The Balaban J connectivity index is 2.83. The molecule has 0 aromatic heterocycles. The molecule has 0 atom stereocenters. The quantitative estimate of drug-likeness (QED) is 0.755. The summed E-state index contributed by atoms with van der Waals surface area (Å²) in [6.45, 7) is 0. The number of carbonyl (C=O) groups excluding carboxylic acids is 1. The van der Waals surface area contributed by atoms with Gasteiger partial charge in [0.2, 0.25) is 5.91 Å². The van der Waals surface area contributed by atoms with E-state index in [4.69, 9.17) is 16.7 Å². The van der Waals surface area contributed by atoms with Crippen LogP contribution in [-0.4, -0.2) is 18.1 Å². The Hall–Kier alpha value is -1.22. The number of phenolic OH excluding ortho intramolecular Hbond substituents is 1. The zero-order chi connectivity index (χ0) is 9.84. The van der Waals surface area contributed by atoms with Gasteiger partial charge in [0.1, 0.15) is 5.75 Å². The normalized spacial score (nSPS) is 9.69. The van der Waals surface area contributed by atoms with Crippen molar-refractivity contribution in [1.29, 1.82) is 0 Å². The number of rotatable bonds is 2. The first kappa shape index (κ1) is 9.86. The molecule has 1 aromatic carbocycles. The number of benzene rings is 1. The van der Waals surface area contributed by atoms with Gasteiger partial charge in [-0.15, -0.1) is 0 Å². The summed E-state index contributed by atoms with van der Waals surface area (Å²) in [5.74, 6) is -0.00162. The summed E-state index contributed by atoms with van der Waals surface area (Å²) in [5.41, 5.74) is 0.707. The molecule has 0 saturated heterocycles. The fourth-order valence-corrected chi connectivity index (χ4v) is 1.18. The lowest BCUT2D eigenvalue weighted by Crippen LogP contribution is -2.20. The highest BCUT2D eigenvalue weighted by Crippen LogP contribution is 2.21. The number of carbonyl (C=O) groups is 1. The number of likely N-dealkylation sites (N-methyl/N-ethyl adjacent to an activating group) is 1. The molecule has 0 unspecified atom stereocenters. The highest BCUT2D eigenvalue weighted by molar-refractivity contribution is 6.31. The van der Waals surface area contributed by atoms with Crippen molar-refractivity contribution in [2.24, 2.45) is 0 Å². The number of phenols is 1. The number of aromatic hydroxyl groups is 1. The molecular weight excluding hydrogens is 190 g/mol. The fraction of sp³-hybridized carbons (Fsp3) is 0.222. The zero-order valence-electron chi connectivity index (χ0n) is 7.17. The van der Waals surface area contributed by atoms with Crippen LogP contribution in [0.3, 0.4) is 0 Å². The van der Waals surface area contributed by atoms with Crippen molar-refractivity contribution < 1.29 is 9.90 Å². The Labute approximate surface area is 81.3 Å². The summed E-state index contributed by atoms with van der Waals surface area (Å²) in [5, 5.41) is 11.9. The van der Waals surface area contributed by atoms with Gasteiger partial charge < -0.3 is 10.4 Å². The van der Waals surface area contributed by atoms with Crippen molar-refractivity contribution in [2.75, 3.05) is 7.05 Å². The van der Waals surface area contributed by atoms with E-state index >= 15 is 0 Å². The van der Waals surface area contributed by atoms with Crippen LogP contribution in [0.1, 0.15) is 5.56 Å². The predicted octanol–water partition coefficient (Wildman–Crippen LogP) is 1.33. The first-order valence-electron chi connectivity index (χ1n) is 3.81. The number of hydrogen-bond acceptors (Lipinski definition) is 2. The maximum Gasteiger partial charge on any atom is 0.224 e. The molecular formula is C9H10ClNO2. The highest BCUT2D eigenvalue weighted by atomic mass is 35.5. The van der Waals surface area contributed by atoms with Gasteiger partial charge in [-0.3, -0.25) is 4.79 Å². The van der Waals surface area contributed by atoms with Crippen LogP contribution in [0.4, 0.5) is 0 Å². The lowest BCUT2D eigenvalue weighted by molar-refractivity contribution is -0.119. The first-order valence-corrected chi connectivity index (χ1v) is 4.19. The summed E-state index contributed by atoms with van der Waals surface area (Å²) in [6.07, 6.45) is 0.232. The van der Waals surface area contributed by atoms with Crippen LogP contribution in [0.15, 0.2) is 18.2 Å². The van der Waals surface area contributed by atoms with E-state index in [1.807, 2.05) is 0 Å². The molecule has 70 valence electrons. The second kappa shape index (κ2) is 4.14. The third kappa shape index (κ3) is 2.63. The van der Waals surface area contributed by atoms with E-state index in [0.717, 1.165) is 0 Å². The van der Waals surface area contributed by atoms with Gasteiger partial charge in [-0.25, -0.2) is 0 Å². The highest BCUT2D eigenvalue weighted by Gasteiger charge is 2.05. The third-order valence-electron chi connectivity index (χ3n) is 1.67. The van der Waals surface area contributed by atoms with Gasteiger partial charge in [0.25, 0.3) is 0 Å². The van der Waals surface area contributed by atoms with Crippen LogP contribution < -0.4 is 5.32 Å². The van der Waals surface area contributed by atoms with Gasteiger partial charge in [-0.1, -0.05) is 17.7 Å². The van der Waals surface area contributed by atoms with Crippen LogP contribution in [0.5, 0.6) is 5.75 Å². The Bertz CT molecular complexity index is 325. The molecule has 4 heteroatoms. The summed E-state index contributed by atoms with van der Waals surface area (Å²) in [6, 6.07) is 4.55. The lowest BCUT2D eigenvalue weighted by atomic mass is 10.1. The van der Waals surface area contributed by atoms with Gasteiger partial charge in [0, 0.05) is 12.1 Å². The van der Waals surface area contributed by atoms with Crippen molar-refractivity contribution in [1.82, 2.24) is 5.32 Å². The Morgan fingerprint density at radius 2 is 2.31 bits per heavy atom. The Morgan fingerprint density at radius 3 is 2.85 bits per heavy atom. The van der Waals surface area contributed by atoms with Gasteiger partial charge in [0.05, 0.1) is 6.42 Å². The maximum absolute atomic E-state index is 11.0. The van der Waals surface area contributed by atoms with E-state index < -0.39 is 0 Å².